The fraction of sp³-hybridized carbons (Fsp3) is 0.300. The molecular formula is C20H19N3O4. The van der Waals surface area contributed by atoms with Crippen molar-refractivity contribution in [1.29, 1.82) is 0 Å². The molecule has 2 aromatic rings. The summed E-state index contributed by atoms with van der Waals surface area (Å²) in [5.41, 5.74) is 3.06. The van der Waals surface area contributed by atoms with Crippen molar-refractivity contribution >= 4 is 23.2 Å². The summed E-state index contributed by atoms with van der Waals surface area (Å²) < 4.78 is 0. The Hall–Kier alpha value is -3.22. The van der Waals surface area contributed by atoms with E-state index in [9.17, 15) is 19.7 Å². The van der Waals surface area contributed by atoms with Gasteiger partial charge < -0.3 is 9.80 Å². The van der Waals surface area contributed by atoms with Gasteiger partial charge in [-0.3, -0.25) is 19.7 Å². The number of hydrogen-bond acceptors (Lipinski definition) is 4. The lowest BCUT2D eigenvalue weighted by atomic mass is 10.1. The third kappa shape index (κ3) is 3.28. The van der Waals surface area contributed by atoms with Gasteiger partial charge in [-0.05, 0) is 36.1 Å². The third-order valence-corrected chi connectivity index (χ3v) is 5.17. The molecule has 1 saturated heterocycles. The first-order valence-electron chi connectivity index (χ1n) is 8.99. The van der Waals surface area contributed by atoms with Crippen molar-refractivity contribution < 1.29 is 14.5 Å². The number of hydrogen-bond donors (Lipinski definition) is 0. The number of amides is 2. The lowest BCUT2D eigenvalue weighted by molar-refractivity contribution is -0.384. The highest BCUT2D eigenvalue weighted by Gasteiger charge is 2.27. The summed E-state index contributed by atoms with van der Waals surface area (Å²) in [6.45, 7) is 1.86. The summed E-state index contributed by atoms with van der Waals surface area (Å²) >= 11 is 0. The first-order chi connectivity index (χ1) is 13.0. The molecule has 0 N–H and O–H groups in total. The van der Waals surface area contributed by atoms with Gasteiger partial charge in [0.15, 0.2) is 0 Å². The van der Waals surface area contributed by atoms with E-state index in [2.05, 4.69) is 0 Å². The van der Waals surface area contributed by atoms with Crippen LogP contribution in [0.15, 0.2) is 42.5 Å². The van der Waals surface area contributed by atoms with Gasteiger partial charge in [0.25, 0.3) is 11.6 Å². The van der Waals surface area contributed by atoms with Gasteiger partial charge in [-0.2, -0.15) is 0 Å². The molecule has 0 spiro atoms. The molecular weight excluding hydrogens is 346 g/mol. The molecule has 0 unspecified atom stereocenters. The Morgan fingerprint density at radius 1 is 1.07 bits per heavy atom. The van der Waals surface area contributed by atoms with Crippen LogP contribution in [0.25, 0.3) is 0 Å². The highest BCUT2D eigenvalue weighted by atomic mass is 16.6. The molecule has 4 rings (SSSR count). The zero-order valence-corrected chi connectivity index (χ0v) is 14.8. The average molecular weight is 365 g/mol. The van der Waals surface area contributed by atoms with Crippen LogP contribution in [0.1, 0.15) is 34.3 Å². The summed E-state index contributed by atoms with van der Waals surface area (Å²) in [5, 5.41) is 11.0. The number of fused-ring (bicyclic) bond motifs is 1. The smallest absolute Gasteiger partial charge is 0.271 e. The molecule has 0 radical (unpaired) electrons. The van der Waals surface area contributed by atoms with E-state index < -0.39 is 4.92 Å². The van der Waals surface area contributed by atoms with Crippen LogP contribution in [0, 0.1) is 10.1 Å². The number of nitrogens with zero attached hydrogens (tertiary/aromatic N) is 3. The molecule has 27 heavy (non-hydrogen) atoms. The maximum atomic E-state index is 12.9. The Labute approximate surface area is 156 Å². The molecule has 2 heterocycles. The predicted octanol–water partition coefficient (Wildman–Crippen LogP) is 2.92. The highest BCUT2D eigenvalue weighted by molar-refractivity contribution is 6.07. The zero-order chi connectivity index (χ0) is 19.0. The fourth-order valence-electron chi connectivity index (χ4n) is 3.69. The Morgan fingerprint density at radius 2 is 1.85 bits per heavy atom. The number of likely N-dealkylation sites (tertiary alicyclic amines) is 1. The number of rotatable bonds is 4. The van der Waals surface area contributed by atoms with Crippen LogP contribution in [-0.2, 0) is 17.8 Å². The van der Waals surface area contributed by atoms with Crippen molar-refractivity contribution in [2.24, 2.45) is 0 Å². The summed E-state index contributed by atoms with van der Waals surface area (Å²) in [7, 11) is 0. The predicted molar refractivity (Wildman–Crippen MR) is 99.6 cm³/mol. The van der Waals surface area contributed by atoms with E-state index in [1.54, 1.807) is 23.1 Å². The molecule has 0 aromatic heterocycles. The van der Waals surface area contributed by atoms with Gasteiger partial charge in [-0.1, -0.05) is 18.2 Å². The van der Waals surface area contributed by atoms with Gasteiger partial charge >= 0.3 is 0 Å². The molecule has 2 aliphatic heterocycles. The SMILES string of the molecule is O=C1CCCN1Cc1ccc(C(=O)N2CCc3ccc([N+](=O)[O-])cc32)cc1. The maximum absolute atomic E-state index is 12.9. The minimum absolute atomic E-state index is 0.0147. The molecule has 0 atom stereocenters. The van der Waals surface area contributed by atoms with E-state index in [-0.39, 0.29) is 17.5 Å². The summed E-state index contributed by atoms with van der Waals surface area (Å²) in [4.78, 5) is 38.6. The molecule has 2 aliphatic rings. The lowest BCUT2D eigenvalue weighted by Gasteiger charge is -2.18. The largest absolute Gasteiger partial charge is 0.338 e. The second-order valence-corrected chi connectivity index (χ2v) is 6.89. The molecule has 0 aliphatic carbocycles. The van der Waals surface area contributed by atoms with Crippen molar-refractivity contribution in [3.8, 4) is 0 Å². The topological polar surface area (TPSA) is 83.8 Å². The van der Waals surface area contributed by atoms with Crippen LogP contribution in [-0.4, -0.2) is 34.7 Å². The van der Waals surface area contributed by atoms with Gasteiger partial charge in [0.1, 0.15) is 0 Å². The average Bonchev–Trinajstić information content (AvgIpc) is 3.27. The number of non-ortho nitro benzene ring substituents is 1. The highest BCUT2D eigenvalue weighted by Crippen LogP contribution is 2.32. The Balaban J connectivity index is 1.52. The van der Waals surface area contributed by atoms with Gasteiger partial charge in [0.05, 0.1) is 10.6 Å². The number of carbonyl (C=O) groups is 2. The van der Waals surface area contributed by atoms with Gasteiger partial charge in [0.2, 0.25) is 5.91 Å². The van der Waals surface area contributed by atoms with Crippen LogP contribution in [0.2, 0.25) is 0 Å². The fourth-order valence-corrected chi connectivity index (χ4v) is 3.69. The summed E-state index contributed by atoms with van der Waals surface area (Å²) in [6.07, 6.45) is 2.20. The van der Waals surface area contributed by atoms with Gasteiger partial charge in [-0.15, -0.1) is 0 Å². The quantitative estimate of drug-likeness (QED) is 0.616. The maximum Gasteiger partial charge on any atom is 0.271 e. The molecule has 0 bridgehead atoms. The van der Waals surface area contributed by atoms with Crippen LogP contribution < -0.4 is 4.90 Å². The second kappa shape index (κ2) is 6.83. The van der Waals surface area contributed by atoms with Crippen molar-refractivity contribution in [3.05, 3.63) is 69.3 Å². The first kappa shape index (κ1) is 17.2. The first-order valence-corrected chi connectivity index (χ1v) is 8.99. The van der Waals surface area contributed by atoms with Crippen molar-refractivity contribution in [2.75, 3.05) is 18.0 Å². The Bertz CT molecular complexity index is 923. The molecule has 138 valence electrons. The Kier molecular flexibility index (Phi) is 4.35. The van der Waals surface area contributed by atoms with E-state index in [0.717, 1.165) is 24.1 Å². The van der Waals surface area contributed by atoms with E-state index in [4.69, 9.17) is 0 Å². The van der Waals surface area contributed by atoms with E-state index in [1.807, 2.05) is 17.0 Å². The number of anilines is 1. The van der Waals surface area contributed by atoms with Crippen LogP contribution in [0.4, 0.5) is 11.4 Å². The molecule has 2 amide bonds. The van der Waals surface area contributed by atoms with Crippen molar-refractivity contribution in [1.82, 2.24) is 4.90 Å². The van der Waals surface area contributed by atoms with Crippen molar-refractivity contribution in [3.63, 3.8) is 0 Å². The Morgan fingerprint density at radius 3 is 2.52 bits per heavy atom. The van der Waals surface area contributed by atoms with Crippen LogP contribution in [0.3, 0.4) is 0 Å². The standard InChI is InChI=1S/C20H19N3O4/c24-19-2-1-10-21(19)13-14-3-5-16(6-4-14)20(25)22-11-9-15-7-8-17(23(26)27)12-18(15)22/h3-8,12H,1-2,9-11,13H2. The second-order valence-electron chi connectivity index (χ2n) is 6.89. The summed E-state index contributed by atoms with van der Waals surface area (Å²) in [6, 6.07) is 11.9. The third-order valence-electron chi connectivity index (χ3n) is 5.17. The normalized spacial score (nSPS) is 15.9. The molecule has 0 saturated carbocycles. The van der Waals surface area contributed by atoms with E-state index >= 15 is 0 Å². The van der Waals surface area contributed by atoms with E-state index in [0.29, 0.717) is 37.2 Å². The monoisotopic (exact) mass is 365 g/mol. The number of nitro groups is 1. The number of benzene rings is 2. The minimum atomic E-state index is -0.449. The van der Waals surface area contributed by atoms with Gasteiger partial charge in [-0.25, -0.2) is 0 Å². The number of nitro benzene ring substituents is 1. The van der Waals surface area contributed by atoms with E-state index in [1.165, 1.54) is 12.1 Å². The lowest BCUT2D eigenvalue weighted by Crippen LogP contribution is -2.29. The molecule has 2 aromatic carbocycles. The number of carbonyl (C=O) groups excluding carboxylic acids is 2. The summed E-state index contributed by atoms with van der Waals surface area (Å²) in [5.74, 6) is 0.00321. The zero-order valence-electron chi connectivity index (χ0n) is 14.8. The minimum Gasteiger partial charge on any atom is -0.338 e. The molecule has 7 nitrogen and oxygen atoms in total. The van der Waals surface area contributed by atoms with Crippen LogP contribution in [0.5, 0.6) is 0 Å². The van der Waals surface area contributed by atoms with Crippen molar-refractivity contribution in [2.45, 2.75) is 25.8 Å². The molecule has 1 fully saturated rings. The van der Waals surface area contributed by atoms with Crippen LogP contribution >= 0.6 is 0 Å². The van der Waals surface area contributed by atoms with Gasteiger partial charge in [0, 0.05) is 43.8 Å². The molecule has 7 heteroatoms.